The van der Waals surface area contributed by atoms with Gasteiger partial charge < -0.3 is 0 Å². The molecule has 0 aliphatic heterocycles. The molecule has 0 heterocycles. The zero-order valence-electron chi connectivity index (χ0n) is 11.0. The van der Waals surface area contributed by atoms with Gasteiger partial charge in [-0.05, 0) is 48.7 Å². The van der Waals surface area contributed by atoms with Gasteiger partial charge in [0.25, 0.3) is 0 Å². The van der Waals surface area contributed by atoms with Crippen molar-refractivity contribution in [1.82, 2.24) is 5.43 Å². The van der Waals surface area contributed by atoms with Crippen LogP contribution in [0.5, 0.6) is 0 Å². The van der Waals surface area contributed by atoms with Crippen LogP contribution in [0.3, 0.4) is 0 Å². The Morgan fingerprint density at radius 2 is 2.00 bits per heavy atom. The van der Waals surface area contributed by atoms with Crippen LogP contribution in [0, 0.1) is 18.6 Å². The minimum Gasteiger partial charge on any atom is -0.271 e. The molecule has 20 heavy (non-hydrogen) atoms. The number of halogens is 3. The number of aryl methyl sites for hydroxylation is 1. The van der Waals surface area contributed by atoms with Crippen LogP contribution in [0.1, 0.15) is 22.7 Å². The number of hydrogen-bond donors (Lipinski definition) is 2. The summed E-state index contributed by atoms with van der Waals surface area (Å²) in [6.07, 6.45) is 0.241. The summed E-state index contributed by atoms with van der Waals surface area (Å²) < 4.78 is 27.2. The standard InChI is InChI=1S/C15H15ClF2N2/c1-9-5-10(7-11(17)6-9)15(20-19)8-12-13(16)3-2-4-14(12)18/h2-7,15,20H,8,19H2,1H3. The molecule has 2 aromatic rings. The number of hydrogen-bond acceptors (Lipinski definition) is 2. The maximum absolute atomic E-state index is 13.8. The molecule has 0 spiro atoms. The molecule has 0 saturated heterocycles. The van der Waals surface area contributed by atoms with Crippen molar-refractivity contribution in [3.63, 3.8) is 0 Å². The SMILES string of the molecule is Cc1cc(F)cc(C(Cc2c(F)cccc2Cl)NN)c1. The van der Waals surface area contributed by atoms with E-state index in [1.54, 1.807) is 19.1 Å². The summed E-state index contributed by atoms with van der Waals surface area (Å²) in [4.78, 5) is 0. The van der Waals surface area contributed by atoms with Crippen molar-refractivity contribution in [3.05, 3.63) is 69.7 Å². The van der Waals surface area contributed by atoms with Gasteiger partial charge in [0.2, 0.25) is 0 Å². The third-order valence-electron chi connectivity index (χ3n) is 3.14. The molecule has 5 heteroatoms. The third kappa shape index (κ3) is 3.33. The van der Waals surface area contributed by atoms with E-state index in [0.29, 0.717) is 16.1 Å². The third-order valence-corrected chi connectivity index (χ3v) is 3.49. The molecular formula is C15H15ClF2N2. The monoisotopic (exact) mass is 296 g/mol. The molecule has 2 aromatic carbocycles. The van der Waals surface area contributed by atoms with Crippen LogP contribution in [0.2, 0.25) is 5.02 Å². The van der Waals surface area contributed by atoms with Gasteiger partial charge >= 0.3 is 0 Å². The van der Waals surface area contributed by atoms with E-state index in [1.165, 1.54) is 18.2 Å². The van der Waals surface area contributed by atoms with Crippen molar-refractivity contribution < 1.29 is 8.78 Å². The van der Waals surface area contributed by atoms with Gasteiger partial charge in [0.05, 0.1) is 6.04 Å². The fourth-order valence-corrected chi connectivity index (χ4v) is 2.41. The number of nitrogens with one attached hydrogen (secondary N) is 1. The maximum atomic E-state index is 13.8. The Morgan fingerprint density at radius 1 is 1.25 bits per heavy atom. The van der Waals surface area contributed by atoms with Gasteiger partial charge in [0.15, 0.2) is 0 Å². The van der Waals surface area contributed by atoms with Gasteiger partial charge in [0, 0.05) is 10.6 Å². The fraction of sp³-hybridized carbons (Fsp3) is 0.200. The molecule has 0 radical (unpaired) electrons. The highest BCUT2D eigenvalue weighted by molar-refractivity contribution is 6.31. The lowest BCUT2D eigenvalue weighted by Gasteiger charge is -2.18. The molecular weight excluding hydrogens is 282 g/mol. The number of hydrazine groups is 1. The Morgan fingerprint density at radius 3 is 2.60 bits per heavy atom. The predicted molar refractivity (Wildman–Crippen MR) is 76.3 cm³/mol. The number of nitrogens with two attached hydrogens (primary N) is 1. The van der Waals surface area contributed by atoms with Crippen LogP contribution >= 0.6 is 11.6 Å². The minimum atomic E-state index is -0.418. The van der Waals surface area contributed by atoms with Crippen LogP contribution in [0.25, 0.3) is 0 Å². The average Bonchev–Trinajstić information content (AvgIpc) is 2.37. The first kappa shape index (κ1) is 14.9. The lowest BCUT2D eigenvalue weighted by atomic mass is 9.97. The van der Waals surface area contributed by atoms with Crippen LogP contribution in [0.15, 0.2) is 36.4 Å². The smallest absolute Gasteiger partial charge is 0.127 e. The molecule has 106 valence electrons. The van der Waals surface area contributed by atoms with Crippen LogP contribution in [0.4, 0.5) is 8.78 Å². The summed E-state index contributed by atoms with van der Waals surface area (Å²) in [5.74, 6) is 4.77. The van der Waals surface area contributed by atoms with E-state index in [4.69, 9.17) is 17.4 Å². The Balaban J connectivity index is 2.33. The molecule has 1 atom stereocenters. The summed E-state index contributed by atoms with van der Waals surface area (Å²) in [7, 11) is 0. The van der Waals surface area contributed by atoms with E-state index in [9.17, 15) is 8.78 Å². The molecule has 3 N–H and O–H groups in total. The van der Waals surface area contributed by atoms with Crippen molar-refractivity contribution in [3.8, 4) is 0 Å². The van der Waals surface area contributed by atoms with Crippen LogP contribution in [-0.4, -0.2) is 0 Å². The number of benzene rings is 2. The van der Waals surface area contributed by atoms with Gasteiger partial charge in [-0.25, -0.2) is 8.78 Å². The van der Waals surface area contributed by atoms with Gasteiger partial charge in [-0.15, -0.1) is 0 Å². The Kier molecular flexibility index (Phi) is 4.70. The van der Waals surface area contributed by atoms with E-state index >= 15 is 0 Å². The first-order valence-electron chi connectivity index (χ1n) is 6.17. The second kappa shape index (κ2) is 6.31. The molecule has 0 bridgehead atoms. The van der Waals surface area contributed by atoms with Crippen molar-refractivity contribution in [2.45, 2.75) is 19.4 Å². The molecule has 2 rings (SSSR count). The normalized spacial score (nSPS) is 12.4. The van der Waals surface area contributed by atoms with Gasteiger partial charge in [-0.1, -0.05) is 23.7 Å². The zero-order chi connectivity index (χ0) is 14.7. The highest BCUT2D eigenvalue weighted by atomic mass is 35.5. The second-order valence-corrected chi connectivity index (χ2v) is 5.09. The average molecular weight is 297 g/mol. The molecule has 0 aliphatic rings. The molecule has 1 unspecified atom stereocenters. The van der Waals surface area contributed by atoms with Crippen molar-refractivity contribution in [2.24, 2.45) is 5.84 Å². The summed E-state index contributed by atoms with van der Waals surface area (Å²) in [5, 5.41) is 0.332. The first-order chi connectivity index (χ1) is 9.51. The highest BCUT2D eigenvalue weighted by Crippen LogP contribution is 2.26. The van der Waals surface area contributed by atoms with Gasteiger partial charge in [0.1, 0.15) is 11.6 Å². The highest BCUT2D eigenvalue weighted by Gasteiger charge is 2.16. The molecule has 0 fully saturated rings. The van der Waals surface area contributed by atoms with Crippen LogP contribution < -0.4 is 11.3 Å². The molecule has 0 aliphatic carbocycles. The Hall–Kier alpha value is -1.49. The lowest BCUT2D eigenvalue weighted by Crippen LogP contribution is -2.30. The largest absolute Gasteiger partial charge is 0.271 e. The number of rotatable bonds is 4. The topological polar surface area (TPSA) is 38.0 Å². The summed E-state index contributed by atoms with van der Waals surface area (Å²) in [6, 6.07) is 8.69. The Labute approximate surface area is 121 Å². The van der Waals surface area contributed by atoms with Crippen molar-refractivity contribution >= 4 is 11.6 Å². The maximum Gasteiger partial charge on any atom is 0.127 e. The molecule has 0 aromatic heterocycles. The predicted octanol–water partition coefficient (Wildman–Crippen LogP) is 3.67. The fourth-order valence-electron chi connectivity index (χ4n) is 2.17. The second-order valence-electron chi connectivity index (χ2n) is 4.69. The summed E-state index contributed by atoms with van der Waals surface area (Å²) >= 11 is 6.00. The summed E-state index contributed by atoms with van der Waals surface area (Å²) in [5.41, 5.74) is 4.38. The van der Waals surface area contributed by atoms with E-state index < -0.39 is 11.9 Å². The van der Waals surface area contributed by atoms with Crippen molar-refractivity contribution in [2.75, 3.05) is 0 Å². The quantitative estimate of drug-likeness (QED) is 0.667. The first-order valence-corrected chi connectivity index (χ1v) is 6.55. The van der Waals surface area contributed by atoms with Gasteiger partial charge in [-0.3, -0.25) is 11.3 Å². The Bertz CT molecular complexity index is 576. The molecule has 0 amide bonds. The minimum absolute atomic E-state index is 0.241. The van der Waals surface area contributed by atoms with Crippen molar-refractivity contribution in [1.29, 1.82) is 0 Å². The van der Waals surface area contributed by atoms with E-state index in [2.05, 4.69) is 5.43 Å². The van der Waals surface area contributed by atoms with E-state index in [1.807, 2.05) is 6.07 Å². The van der Waals surface area contributed by atoms with E-state index in [-0.39, 0.29) is 12.2 Å². The molecule has 2 nitrogen and oxygen atoms in total. The zero-order valence-corrected chi connectivity index (χ0v) is 11.7. The lowest BCUT2D eigenvalue weighted by molar-refractivity contribution is 0.524. The molecule has 0 saturated carbocycles. The van der Waals surface area contributed by atoms with Crippen LogP contribution in [-0.2, 0) is 6.42 Å². The van der Waals surface area contributed by atoms with E-state index in [0.717, 1.165) is 5.56 Å². The summed E-state index contributed by atoms with van der Waals surface area (Å²) in [6.45, 7) is 1.79. The van der Waals surface area contributed by atoms with Gasteiger partial charge in [-0.2, -0.15) is 0 Å².